The number of aromatic nitrogens is 2. The van der Waals surface area contributed by atoms with Crippen molar-refractivity contribution >= 4 is 11.8 Å². The molecule has 4 rings (SSSR count). The average Bonchev–Trinajstić information content (AvgIpc) is 3.43. The van der Waals surface area contributed by atoms with Crippen LogP contribution in [0.1, 0.15) is 47.1 Å². The zero-order chi connectivity index (χ0) is 18.1. The average molecular weight is 350 g/mol. The lowest BCUT2D eigenvalue weighted by Gasteiger charge is -2.28. The van der Waals surface area contributed by atoms with Crippen LogP contribution in [-0.4, -0.2) is 39.3 Å². The van der Waals surface area contributed by atoms with Gasteiger partial charge in [-0.1, -0.05) is 12.1 Å². The molecule has 6 heteroatoms. The molecule has 1 saturated heterocycles. The van der Waals surface area contributed by atoms with Crippen molar-refractivity contribution in [3.05, 3.63) is 59.7 Å². The largest absolute Gasteiger partial charge is 0.350 e. The summed E-state index contributed by atoms with van der Waals surface area (Å²) in [5.41, 5.74) is 2.26. The number of likely N-dealkylation sites (tertiary alicyclic amines) is 1. The van der Waals surface area contributed by atoms with E-state index in [4.69, 9.17) is 0 Å². The summed E-state index contributed by atoms with van der Waals surface area (Å²) in [5.74, 6) is 0.0197. The highest BCUT2D eigenvalue weighted by Gasteiger charge is 2.47. The Morgan fingerprint density at radius 1 is 1.27 bits per heavy atom. The van der Waals surface area contributed by atoms with Crippen molar-refractivity contribution in [2.45, 2.75) is 38.3 Å². The fourth-order valence-corrected chi connectivity index (χ4v) is 3.76. The summed E-state index contributed by atoms with van der Waals surface area (Å²) in [6, 6.07) is 9.62. The second kappa shape index (κ2) is 6.86. The quantitative estimate of drug-likeness (QED) is 0.898. The maximum absolute atomic E-state index is 12.6. The third-order valence-electron chi connectivity index (χ3n) is 5.08. The van der Waals surface area contributed by atoms with Crippen LogP contribution in [0.15, 0.2) is 42.7 Å². The molecule has 2 aromatic heterocycles. The van der Waals surface area contributed by atoms with Crippen molar-refractivity contribution in [1.29, 1.82) is 0 Å². The van der Waals surface area contributed by atoms with E-state index < -0.39 is 0 Å². The van der Waals surface area contributed by atoms with Crippen molar-refractivity contribution in [1.82, 2.24) is 20.2 Å². The Hall–Kier alpha value is -2.76. The number of pyridine rings is 2. The summed E-state index contributed by atoms with van der Waals surface area (Å²) in [5, 5.41) is 2.97. The zero-order valence-electron chi connectivity index (χ0n) is 14.8. The fraction of sp³-hybridized carbons (Fsp3) is 0.400. The molecule has 2 fully saturated rings. The van der Waals surface area contributed by atoms with Gasteiger partial charge < -0.3 is 10.2 Å². The third kappa shape index (κ3) is 3.31. The molecule has 2 aliphatic rings. The second-order valence-corrected chi connectivity index (χ2v) is 7.10. The van der Waals surface area contributed by atoms with Crippen LogP contribution in [0.25, 0.3) is 0 Å². The van der Waals surface area contributed by atoms with Gasteiger partial charge in [0.15, 0.2) is 0 Å². The van der Waals surface area contributed by atoms with E-state index in [1.807, 2.05) is 42.3 Å². The van der Waals surface area contributed by atoms with Gasteiger partial charge in [-0.3, -0.25) is 14.6 Å². The van der Waals surface area contributed by atoms with Gasteiger partial charge in [-0.05, 0) is 43.5 Å². The van der Waals surface area contributed by atoms with E-state index in [0.717, 1.165) is 24.1 Å². The predicted molar refractivity (Wildman–Crippen MR) is 96.3 cm³/mol. The Kier molecular flexibility index (Phi) is 4.41. The first kappa shape index (κ1) is 16.7. The smallest absolute Gasteiger partial charge is 0.269 e. The van der Waals surface area contributed by atoms with Gasteiger partial charge >= 0.3 is 0 Å². The highest BCUT2D eigenvalue weighted by molar-refractivity contribution is 5.92. The molecule has 1 aliphatic carbocycles. The topological polar surface area (TPSA) is 75.2 Å². The Morgan fingerprint density at radius 2 is 2.12 bits per heavy atom. The van der Waals surface area contributed by atoms with Crippen molar-refractivity contribution in [2.75, 3.05) is 6.54 Å². The molecule has 6 nitrogen and oxygen atoms in total. The van der Waals surface area contributed by atoms with Crippen LogP contribution >= 0.6 is 0 Å². The van der Waals surface area contributed by atoms with Gasteiger partial charge in [0.2, 0.25) is 5.91 Å². The van der Waals surface area contributed by atoms with Crippen LogP contribution < -0.4 is 5.32 Å². The molecule has 0 radical (unpaired) electrons. The Labute approximate surface area is 152 Å². The predicted octanol–water partition coefficient (Wildman–Crippen LogP) is 2.27. The van der Waals surface area contributed by atoms with Gasteiger partial charge in [0.25, 0.3) is 5.91 Å². The second-order valence-electron chi connectivity index (χ2n) is 7.10. The van der Waals surface area contributed by atoms with E-state index in [-0.39, 0.29) is 23.8 Å². The number of carbonyl (C=O) groups is 2. The lowest BCUT2D eigenvalue weighted by atomic mass is 9.94. The number of amides is 2. The van der Waals surface area contributed by atoms with Crippen LogP contribution in [0.3, 0.4) is 0 Å². The van der Waals surface area contributed by atoms with Crippen LogP contribution in [0.5, 0.6) is 0 Å². The van der Waals surface area contributed by atoms with Crippen molar-refractivity contribution in [2.24, 2.45) is 5.92 Å². The molecule has 134 valence electrons. The molecular weight excluding hydrogens is 328 g/mol. The number of nitrogens with zero attached hydrogens (tertiary/aromatic N) is 3. The standard InChI is InChI=1S/C20H22N4O2/c1-13-4-2-6-17(23-13)20(26)22-12-15-10-18(25)24(16-7-8-16)19(15)14-5-3-9-21-11-14/h2-6,9,11,15-16,19H,7-8,10,12H2,1H3,(H,22,26)/t15-,19-/m0/s1. The van der Waals surface area contributed by atoms with E-state index in [2.05, 4.69) is 15.3 Å². The maximum atomic E-state index is 12.6. The maximum Gasteiger partial charge on any atom is 0.269 e. The number of hydrogen-bond donors (Lipinski definition) is 1. The number of nitrogens with one attached hydrogen (secondary N) is 1. The molecule has 3 heterocycles. The summed E-state index contributed by atoms with van der Waals surface area (Å²) in [7, 11) is 0. The van der Waals surface area contributed by atoms with Gasteiger partial charge in [-0.2, -0.15) is 0 Å². The molecular formula is C20H22N4O2. The van der Waals surface area contributed by atoms with Crippen LogP contribution in [0.2, 0.25) is 0 Å². The van der Waals surface area contributed by atoms with E-state index >= 15 is 0 Å². The van der Waals surface area contributed by atoms with E-state index in [1.54, 1.807) is 12.3 Å². The van der Waals surface area contributed by atoms with Crippen LogP contribution in [0, 0.1) is 12.8 Å². The minimum Gasteiger partial charge on any atom is -0.350 e. The first-order valence-electron chi connectivity index (χ1n) is 9.06. The summed E-state index contributed by atoms with van der Waals surface area (Å²) in [4.78, 5) is 35.5. The summed E-state index contributed by atoms with van der Waals surface area (Å²) >= 11 is 0. The first-order chi connectivity index (χ1) is 12.6. The monoisotopic (exact) mass is 350 g/mol. The molecule has 0 unspecified atom stereocenters. The van der Waals surface area contributed by atoms with Gasteiger partial charge in [-0.25, -0.2) is 4.98 Å². The molecule has 0 aromatic carbocycles. The van der Waals surface area contributed by atoms with E-state index in [1.165, 1.54) is 0 Å². The van der Waals surface area contributed by atoms with Gasteiger partial charge in [0, 0.05) is 43.0 Å². The molecule has 2 atom stereocenters. The first-order valence-corrected chi connectivity index (χ1v) is 9.06. The number of aryl methyl sites for hydroxylation is 1. The van der Waals surface area contributed by atoms with Gasteiger partial charge in [-0.15, -0.1) is 0 Å². The molecule has 0 bridgehead atoms. The molecule has 1 saturated carbocycles. The SMILES string of the molecule is Cc1cccc(C(=O)NC[C@@H]2CC(=O)N(C3CC3)[C@H]2c2cccnc2)n1. The Balaban J connectivity index is 1.51. The summed E-state index contributed by atoms with van der Waals surface area (Å²) in [6.45, 7) is 2.31. The minimum atomic E-state index is -0.198. The number of hydrogen-bond acceptors (Lipinski definition) is 4. The summed E-state index contributed by atoms with van der Waals surface area (Å²) in [6.07, 6.45) is 6.15. The fourth-order valence-electron chi connectivity index (χ4n) is 3.76. The third-order valence-corrected chi connectivity index (χ3v) is 5.08. The summed E-state index contributed by atoms with van der Waals surface area (Å²) < 4.78 is 0. The van der Waals surface area contributed by atoms with Crippen molar-refractivity contribution in [3.63, 3.8) is 0 Å². The molecule has 0 spiro atoms. The molecule has 2 aromatic rings. The Morgan fingerprint density at radius 3 is 2.81 bits per heavy atom. The van der Waals surface area contributed by atoms with Crippen LogP contribution in [0.4, 0.5) is 0 Å². The minimum absolute atomic E-state index is 0.0190. The number of carbonyl (C=O) groups excluding carboxylic acids is 2. The van der Waals surface area contributed by atoms with Crippen molar-refractivity contribution < 1.29 is 9.59 Å². The van der Waals surface area contributed by atoms with Crippen LogP contribution in [-0.2, 0) is 4.79 Å². The molecule has 2 amide bonds. The van der Waals surface area contributed by atoms with Gasteiger partial charge in [0.05, 0.1) is 6.04 Å². The normalized spacial score (nSPS) is 22.5. The lowest BCUT2D eigenvalue weighted by molar-refractivity contribution is -0.129. The molecule has 1 N–H and O–H groups in total. The highest BCUT2D eigenvalue weighted by atomic mass is 16.2. The van der Waals surface area contributed by atoms with E-state index in [9.17, 15) is 9.59 Å². The Bertz CT molecular complexity index is 820. The molecule has 1 aliphatic heterocycles. The zero-order valence-corrected chi connectivity index (χ0v) is 14.8. The number of rotatable bonds is 5. The van der Waals surface area contributed by atoms with E-state index in [0.29, 0.717) is 24.7 Å². The molecule has 26 heavy (non-hydrogen) atoms. The highest BCUT2D eigenvalue weighted by Crippen LogP contribution is 2.44. The lowest BCUT2D eigenvalue weighted by Crippen LogP contribution is -2.35. The van der Waals surface area contributed by atoms with Gasteiger partial charge in [0.1, 0.15) is 5.69 Å². The van der Waals surface area contributed by atoms with Crippen molar-refractivity contribution in [3.8, 4) is 0 Å².